The Balaban J connectivity index is 2.17. The van der Waals surface area contributed by atoms with Gasteiger partial charge in [-0.3, -0.25) is 0 Å². The van der Waals surface area contributed by atoms with Crippen LogP contribution in [0.2, 0.25) is 0 Å². The minimum absolute atomic E-state index is 0.521. The van der Waals surface area contributed by atoms with Gasteiger partial charge in [-0.05, 0) is 38.6 Å². The number of thiazole rings is 1. The first-order valence-electron chi connectivity index (χ1n) is 6.36. The number of aryl methyl sites for hydroxylation is 1. The molecule has 0 amide bonds. The Kier molecular flexibility index (Phi) is 3.98. The minimum atomic E-state index is 0.521. The lowest BCUT2D eigenvalue weighted by Crippen LogP contribution is -2.27. The maximum atomic E-state index is 4.74. The topological polar surface area (TPSA) is 24.9 Å². The molecular weight excluding hydrogens is 216 g/mol. The monoisotopic (exact) mass is 238 g/mol. The number of aromatic nitrogens is 1. The highest BCUT2D eigenvalue weighted by Crippen LogP contribution is 2.30. The molecule has 90 valence electrons. The van der Waals surface area contributed by atoms with Crippen LogP contribution in [-0.4, -0.2) is 11.5 Å². The molecule has 0 radical (unpaired) electrons. The average Bonchev–Trinajstić information content (AvgIpc) is 2.60. The molecule has 1 aromatic heterocycles. The molecule has 1 saturated heterocycles. The van der Waals surface area contributed by atoms with Crippen molar-refractivity contribution in [3.8, 4) is 0 Å². The van der Waals surface area contributed by atoms with Crippen molar-refractivity contribution in [3.63, 3.8) is 0 Å². The Morgan fingerprint density at radius 2 is 2.25 bits per heavy atom. The highest BCUT2D eigenvalue weighted by atomic mass is 32.1. The molecule has 16 heavy (non-hydrogen) atoms. The first kappa shape index (κ1) is 12.1. The van der Waals surface area contributed by atoms with E-state index in [0.717, 1.165) is 12.5 Å². The first-order chi connectivity index (χ1) is 7.66. The molecule has 0 spiro atoms. The van der Waals surface area contributed by atoms with Crippen LogP contribution in [0.25, 0.3) is 0 Å². The third-order valence-corrected chi connectivity index (χ3v) is 4.08. The molecule has 1 atom stereocenters. The Morgan fingerprint density at radius 3 is 2.88 bits per heavy atom. The number of hydrogen-bond acceptors (Lipinski definition) is 3. The van der Waals surface area contributed by atoms with Crippen molar-refractivity contribution in [2.75, 3.05) is 6.54 Å². The molecule has 2 nitrogen and oxygen atoms in total. The average molecular weight is 238 g/mol. The largest absolute Gasteiger partial charge is 0.309 e. The normalized spacial score (nSPS) is 21.6. The van der Waals surface area contributed by atoms with Crippen LogP contribution in [0.1, 0.15) is 54.7 Å². The maximum Gasteiger partial charge on any atom is 0.0900 e. The van der Waals surface area contributed by atoms with Gasteiger partial charge in [0.2, 0.25) is 0 Å². The molecule has 2 rings (SSSR count). The molecule has 1 aliphatic heterocycles. The summed E-state index contributed by atoms with van der Waals surface area (Å²) in [4.78, 5) is 6.25. The second kappa shape index (κ2) is 5.28. The Hall–Kier alpha value is -0.410. The zero-order valence-corrected chi connectivity index (χ0v) is 11.4. The van der Waals surface area contributed by atoms with Crippen molar-refractivity contribution in [1.29, 1.82) is 0 Å². The van der Waals surface area contributed by atoms with Gasteiger partial charge < -0.3 is 5.32 Å². The summed E-state index contributed by atoms with van der Waals surface area (Å²) in [6.07, 6.45) is 5.10. The molecule has 1 unspecified atom stereocenters. The predicted molar refractivity (Wildman–Crippen MR) is 70.0 cm³/mol. The molecular formula is C13H22N2S. The number of hydrogen-bond donors (Lipinski definition) is 1. The Bertz CT molecular complexity index is 338. The summed E-state index contributed by atoms with van der Waals surface area (Å²) in [7, 11) is 0. The summed E-state index contributed by atoms with van der Waals surface area (Å²) in [5.74, 6) is 0.724. The van der Waals surface area contributed by atoms with Crippen molar-refractivity contribution in [3.05, 3.63) is 15.6 Å². The maximum absolute atomic E-state index is 4.74. The quantitative estimate of drug-likeness (QED) is 0.872. The lowest BCUT2D eigenvalue weighted by Gasteiger charge is -2.23. The van der Waals surface area contributed by atoms with Crippen LogP contribution in [-0.2, 0) is 6.42 Å². The predicted octanol–water partition coefficient (Wildman–Crippen LogP) is 3.46. The number of nitrogens with one attached hydrogen (secondary N) is 1. The minimum Gasteiger partial charge on any atom is -0.309 e. The number of nitrogens with zero attached hydrogens (tertiary/aromatic N) is 1. The van der Waals surface area contributed by atoms with E-state index in [2.05, 4.69) is 26.1 Å². The second-order valence-electron chi connectivity index (χ2n) is 5.14. The molecule has 3 heteroatoms. The highest BCUT2D eigenvalue weighted by Gasteiger charge is 2.21. The van der Waals surface area contributed by atoms with E-state index in [1.807, 2.05) is 11.3 Å². The van der Waals surface area contributed by atoms with E-state index in [1.165, 1.54) is 41.3 Å². The molecule has 1 fully saturated rings. The standard InChI is InChI=1S/C13H22N2S/c1-9(2)8-12-13(15-10(3)16-12)11-6-4-5-7-14-11/h9,11,14H,4-8H2,1-3H3. The van der Waals surface area contributed by atoms with Crippen LogP contribution in [0, 0.1) is 12.8 Å². The van der Waals surface area contributed by atoms with E-state index in [9.17, 15) is 0 Å². The number of piperidine rings is 1. The van der Waals surface area contributed by atoms with Crippen molar-refractivity contribution >= 4 is 11.3 Å². The van der Waals surface area contributed by atoms with Crippen LogP contribution in [0.3, 0.4) is 0 Å². The SMILES string of the molecule is Cc1nc(C2CCCCN2)c(CC(C)C)s1. The summed E-state index contributed by atoms with van der Waals surface area (Å²) < 4.78 is 0. The van der Waals surface area contributed by atoms with E-state index in [1.54, 1.807) is 0 Å². The van der Waals surface area contributed by atoms with Crippen molar-refractivity contribution in [1.82, 2.24) is 10.3 Å². The van der Waals surface area contributed by atoms with Gasteiger partial charge in [0.05, 0.1) is 16.7 Å². The lowest BCUT2D eigenvalue weighted by atomic mass is 9.99. The highest BCUT2D eigenvalue weighted by molar-refractivity contribution is 7.11. The molecule has 2 heterocycles. The van der Waals surface area contributed by atoms with E-state index >= 15 is 0 Å². The first-order valence-corrected chi connectivity index (χ1v) is 7.18. The van der Waals surface area contributed by atoms with Gasteiger partial charge in [0.15, 0.2) is 0 Å². The van der Waals surface area contributed by atoms with Crippen molar-refractivity contribution in [2.24, 2.45) is 5.92 Å². The van der Waals surface area contributed by atoms with Crippen molar-refractivity contribution in [2.45, 2.75) is 52.5 Å². The van der Waals surface area contributed by atoms with Crippen LogP contribution in [0.5, 0.6) is 0 Å². The summed E-state index contributed by atoms with van der Waals surface area (Å²) in [6, 6.07) is 0.521. The van der Waals surface area contributed by atoms with Gasteiger partial charge in [-0.1, -0.05) is 20.3 Å². The Labute approximate surface area is 102 Å². The van der Waals surface area contributed by atoms with E-state index in [4.69, 9.17) is 4.98 Å². The third-order valence-electron chi connectivity index (χ3n) is 3.07. The summed E-state index contributed by atoms with van der Waals surface area (Å²) in [5, 5.41) is 4.83. The molecule has 0 bridgehead atoms. The van der Waals surface area contributed by atoms with Crippen LogP contribution in [0.15, 0.2) is 0 Å². The van der Waals surface area contributed by atoms with Gasteiger partial charge in [-0.2, -0.15) is 0 Å². The summed E-state index contributed by atoms with van der Waals surface area (Å²) >= 11 is 1.89. The summed E-state index contributed by atoms with van der Waals surface area (Å²) in [5.41, 5.74) is 1.34. The van der Waals surface area contributed by atoms with Gasteiger partial charge in [0.1, 0.15) is 0 Å². The molecule has 0 aromatic carbocycles. The van der Waals surface area contributed by atoms with Gasteiger partial charge in [0, 0.05) is 4.88 Å². The van der Waals surface area contributed by atoms with E-state index in [-0.39, 0.29) is 0 Å². The fourth-order valence-electron chi connectivity index (χ4n) is 2.36. The van der Waals surface area contributed by atoms with E-state index in [0.29, 0.717) is 6.04 Å². The zero-order chi connectivity index (χ0) is 11.5. The van der Waals surface area contributed by atoms with Crippen LogP contribution < -0.4 is 5.32 Å². The van der Waals surface area contributed by atoms with Gasteiger partial charge >= 0.3 is 0 Å². The molecule has 1 aliphatic rings. The molecule has 1 N–H and O–H groups in total. The van der Waals surface area contributed by atoms with E-state index < -0.39 is 0 Å². The smallest absolute Gasteiger partial charge is 0.0900 e. The Morgan fingerprint density at radius 1 is 1.44 bits per heavy atom. The molecule has 1 aromatic rings. The lowest BCUT2D eigenvalue weighted by molar-refractivity contribution is 0.403. The molecule has 0 saturated carbocycles. The third kappa shape index (κ3) is 2.83. The van der Waals surface area contributed by atoms with Crippen LogP contribution >= 0.6 is 11.3 Å². The van der Waals surface area contributed by atoms with Gasteiger partial charge in [-0.25, -0.2) is 4.98 Å². The zero-order valence-electron chi connectivity index (χ0n) is 10.5. The fourth-order valence-corrected chi connectivity index (χ4v) is 3.57. The van der Waals surface area contributed by atoms with Crippen LogP contribution in [0.4, 0.5) is 0 Å². The summed E-state index contributed by atoms with van der Waals surface area (Å²) in [6.45, 7) is 7.85. The number of rotatable bonds is 3. The van der Waals surface area contributed by atoms with Gasteiger partial charge in [0.25, 0.3) is 0 Å². The second-order valence-corrected chi connectivity index (χ2v) is 6.43. The van der Waals surface area contributed by atoms with Gasteiger partial charge in [-0.15, -0.1) is 11.3 Å². The fraction of sp³-hybridized carbons (Fsp3) is 0.769. The van der Waals surface area contributed by atoms with Crippen molar-refractivity contribution < 1.29 is 0 Å². The molecule has 0 aliphatic carbocycles.